The summed E-state index contributed by atoms with van der Waals surface area (Å²) in [4.78, 5) is 9.06. The van der Waals surface area contributed by atoms with E-state index in [0.29, 0.717) is 11.3 Å². The molecular weight excluding hydrogens is 571 g/mol. The van der Waals surface area contributed by atoms with Crippen LogP contribution < -0.4 is 0 Å². The number of fused-ring (bicyclic) bond motifs is 3. The lowest BCUT2D eigenvalue weighted by Gasteiger charge is -2.20. The predicted octanol–water partition coefficient (Wildman–Crippen LogP) is 11.4. The van der Waals surface area contributed by atoms with E-state index in [1.807, 2.05) is 65.5 Å². The minimum atomic E-state index is -0.433. The van der Waals surface area contributed by atoms with Gasteiger partial charge in [0.15, 0.2) is 0 Å². The molecule has 7 aromatic carbocycles. The lowest BCUT2D eigenvalue weighted by atomic mass is 9.84. The molecule has 2 aromatic heterocycles. The van der Waals surface area contributed by atoms with Crippen LogP contribution in [-0.4, -0.2) is 14.5 Å². The molecule has 0 aliphatic heterocycles. The Morgan fingerprint density at radius 2 is 1.04 bits per heavy atom. The van der Waals surface area contributed by atoms with E-state index in [0.717, 1.165) is 60.6 Å². The van der Waals surface area contributed by atoms with Gasteiger partial charge in [0.25, 0.3) is 0 Å². The number of benzene rings is 7. The van der Waals surface area contributed by atoms with Gasteiger partial charge in [0.05, 0.1) is 17.9 Å². The summed E-state index contributed by atoms with van der Waals surface area (Å²) in [5.74, 6) is 0.291. The van der Waals surface area contributed by atoms with Gasteiger partial charge in [-0.25, -0.2) is 4.98 Å². The molecule has 47 heavy (non-hydrogen) atoms. The highest BCUT2D eigenvalue weighted by Crippen LogP contribution is 2.46. The number of para-hydroxylation sites is 2. The number of hydrogen-bond donors (Lipinski definition) is 0. The fourth-order valence-electron chi connectivity index (χ4n) is 6.81. The van der Waals surface area contributed by atoms with Crippen LogP contribution in [0.2, 0.25) is 0 Å². The number of nitrogens with zero attached hydrogens (tertiary/aromatic N) is 3. The van der Waals surface area contributed by atoms with Gasteiger partial charge < -0.3 is 0 Å². The Kier molecular flexibility index (Phi) is 5.32. The Morgan fingerprint density at radius 1 is 0.468 bits per heavy atom. The van der Waals surface area contributed by atoms with E-state index in [-0.39, 0.29) is 17.6 Å². The average Bonchev–Trinajstić information content (AvgIpc) is 3.58. The van der Waals surface area contributed by atoms with E-state index in [1.54, 1.807) is 0 Å². The second-order valence-corrected chi connectivity index (χ2v) is 11.4. The molecule has 9 aromatic rings. The number of rotatable bonds is 5. The van der Waals surface area contributed by atoms with Gasteiger partial charge in [-0.2, -0.15) is 0 Å². The van der Waals surface area contributed by atoms with E-state index < -0.39 is 18.1 Å². The molecule has 9 rings (SSSR count). The maximum Gasteiger partial charge on any atom is 0.145 e. The highest BCUT2D eigenvalue weighted by atomic mass is 15.1. The molecule has 0 aliphatic rings. The van der Waals surface area contributed by atoms with Crippen molar-refractivity contribution in [2.24, 2.45) is 0 Å². The van der Waals surface area contributed by atoms with Gasteiger partial charge in [-0.3, -0.25) is 9.55 Å². The van der Waals surface area contributed by atoms with E-state index in [9.17, 15) is 0 Å². The summed E-state index contributed by atoms with van der Waals surface area (Å²) < 4.78 is 44.1. The molecule has 0 spiro atoms. The van der Waals surface area contributed by atoms with Crippen molar-refractivity contribution in [2.75, 3.05) is 0 Å². The Balaban J connectivity index is 1.26. The first-order chi connectivity index (χ1) is 25.4. The quantitative estimate of drug-likeness (QED) is 0.183. The summed E-state index contributed by atoms with van der Waals surface area (Å²) >= 11 is 0. The van der Waals surface area contributed by atoms with Crippen molar-refractivity contribution in [3.8, 4) is 50.5 Å². The monoisotopic (exact) mass is 604 g/mol. The van der Waals surface area contributed by atoms with Gasteiger partial charge in [-0.05, 0) is 91.3 Å². The third-order valence-electron chi connectivity index (χ3n) is 8.82. The first-order valence-corrected chi connectivity index (χ1v) is 15.5. The van der Waals surface area contributed by atoms with Crippen molar-refractivity contribution < 1.29 is 6.85 Å². The van der Waals surface area contributed by atoms with Crippen LogP contribution >= 0.6 is 0 Å². The van der Waals surface area contributed by atoms with Gasteiger partial charge in [0.1, 0.15) is 5.82 Å². The van der Waals surface area contributed by atoms with Crippen LogP contribution in [0.4, 0.5) is 0 Å². The molecule has 0 aliphatic carbocycles. The molecule has 0 radical (unpaired) electrons. The van der Waals surface area contributed by atoms with Crippen LogP contribution in [0.15, 0.2) is 176 Å². The van der Waals surface area contributed by atoms with Crippen LogP contribution in [0.1, 0.15) is 6.85 Å². The lowest BCUT2D eigenvalue weighted by molar-refractivity contribution is 1.10. The smallest absolute Gasteiger partial charge is 0.145 e. The standard InChI is InChI=1S/C44H29N3/c1-2-12-32(13-3-1)44-46-40-20-10-11-21-41(40)47(44)33-24-22-31(23-25-33)42-36-16-6-8-18-38(36)43(39-19-9-7-17-37(39)42)35-15-5-4-14-34(35)30-26-28-45-29-27-30/h1-29H/i1D,2D,3D,12D,13D. The molecule has 0 bridgehead atoms. The minimum Gasteiger partial charge on any atom is -0.292 e. The topological polar surface area (TPSA) is 30.7 Å². The fourth-order valence-corrected chi connectivity index (χ4v) is 6.81. The Morgan fingerprint density at radius 3 is 1.72 bits per heavy atom. The van der Waals surface area contributed by atoms with Crippen molar-refractivity contribution >= 4 is 32.6 Å². The zero-order chi connectivity index (χ0) is 35.5. The zero-order valence-electron chi connectivity index (χ0n) is 30.2. The van der Waals surface area contributed by atoms with Crippen molar-refractivity contribution in [2.45, 2.75) is 0 Å². The predicted molar refractivity (Wildman–Crippen MR) is 196 cm³/mol. The first-order valence-electron chi connectivity index (χ1n) is 18.0. The number of hydrogen-bond acceptors (Lipinski definition) is 2. The molecule has 220 valence electrons. The summed E-state index contributed by atoms with van der Waals surface area (Å²) in [5, 5.41) is 4.54. The van der Waals surface area contributed by atoms with E-state index in [4.69, 9.17) is 11.8 Å². The number of pyridine rings is 1. The van der Waals surface area contributed by atoms with Crippen molar-refractivity contribution in [3.63, 3.8) is 0 Å². The van der Waals surface area contributed by atoms with E-state index in [2.05, 4.69) is 89.9 Å². The number of aromatic nitrogens is 3. The molecule has 3 heteroatoms. The normalized spacial score (nSPS) is 12.9. The molecule has 3 nitrogen and oxygen atoms in total. The van der Waals surface area contributed by atoms with Crippen molar-refractivity contribution in [1.82, 2.24) is 14.5 Å². The van der Waals surface area contributed by atoms with E-state index in [1.165, 1.54) is 5.56 Å². The second kappa shape index (κ2) is 11.2. The molecule has 0 fully saturated rings. The molecule has 0 saturated carbocycles. The lowest BCUT2D eigenvalue weighted by Crippen LogP contribution is -1.98. The molecular formula is C44H29N3. The molecule has 0 saturated heterocycles. The molecule has 2 heterocycles. The Bertz CT molecular complexity index is 2760. The maximum absolute atomic E-state index is 8.72. The number of imidazole rings is 1. The zero-order valence-corrected chi connectivity index (χ0v) is 25.2. The third kappa shape index (κ3) is 4.52. The van der Waals surface area contributed by atoms with Crippen LogP contribution in [0.25, 0.3) is 83.0 Å². The van der Waals surface area contributed by atoms with Gasteiger partial charge in [0.2, 0.25) is 0 Å². The Labute approximate surface area is 280 Å². The summed E-state index contributed by atoms with van der Waals surface area (Å²) in [6.45, 7) is 0. The average molecular weight is 605 g/mol. The summed E-state index contributed by atoms with van der Waals surface area (Å²) in [5.41, 5.74) is 8.96. The summed E-state index contributed by atoms with van der Waals surface area (Å²) in [7, 11) is 0. The largest absolute Gasteiger partial charge is 0.292 e. The van der Waals surface area contributed by atoms with Crippen molar-refractivity contribution in [3.05, 3.63) is 176 Å². The van der Waals surface area contributed by atoms with Gasteiger partial charge in [-0.15, -0.1) is 0 Å². The molecule has 0 N–H and O–H groups in total. The van der Waals surface area contributed by atoms with Gasteiger partial charge in [0, 0.05) is 23.6 Å². The molecule has 0 atom stereocenters. The SMILES string of the molecule is [2H]c1c([2H])c([2H])c(-c2nc3ccccc3n2-c2ccc(-c3c4ccccc4c(-c4ccccc4-c4ccncc4)c4ccccc34)cc2)c([2H])c1[2H]. The van der Waals surface area contributed by atoms with Crippen LogP contribution in [0.3, 0.4) is 0 Å². The first kappa shape index (κ1) is 22.2. The van der Waals surface area contributed by atoms with Crippen LogP contribution in [-0.2, 0) is 0 Å². The van der Waals surface area contributed by atoms with E-state index >= 15 is 0 Å². The highest BCUT2D eigenvalue weighted by molar-refractivity contribution is 6.22. The fraction of sp³-hybridized carbons (Fsp3) is 0. The Hall–Kier alpha value is -6.32. The maximum atomic E-state index is 8.72. The third-order valence-corrected chi connectivity index (χ3v) is 8.82. The second-order valence-electron chi connectivity index (χ2n) is 11.4. The summed E-state index contributed by atoms with van der Waals surface area (Å²) in [6.07, 6.45) is 3.66. The molecule has 0 unspecified atom stereocenters. The van der Waals surface area contributed by atoms with Crippen LogP contribution in [0, 0.1) is 0 Å². The minimum absolute atomic E-state index is 0.0610. The van der Waals surface area contributed by atoms with Gasteiger partial charge in [-0.1, -0.05) is 127 Å². The highest BCUT2D eigenvalue weighted by Gasteiger charge is 2.19. The van der Waals surface area contributed by atoms with Crippen molar-refractivity contribution in [1.29, 1.82) is 0 Å². The summed E-state index contributed by atoms with van der Waals surface area (Å²) in [6, 6.07) is 43.7. The van der Waals surface area contributed by atoms with Gasteiger partial charge >= 0.3 is 0 Å². The van der Waals surface area contributed by atoms with Crippen LogP contribution in [0.5, 0.6) is 0 Å². The molecule has 0 amide bonds.